The molecule has 0 unspecified atom stereocenters. The van der Waals surface area contributed by atoms with Crippen LogP contribution in [-0.4, -0.2) is 16.1 Å². The van der Waals surface area contributed by atoms with E-state index in [2.05, 4.69) is 5.10 Å². The molecule has 0 amide bonds. The summed E-state index contributed by atoms with van der Waals surface area (Å²) in [5.41, 5.74) is 3.20. The van der Waals surface area contributed by atoms with Crippen molar-refractivity contribution in [3.05, 3.63) is 76.9 Å². The predicted octanol–water partition coefficient (Wildman–Crippen LogP) is 4.06. The fourth-order valence-electron chi connectivity index (χ4n) is 2.23. The molecule has 3 nitrogen and oxygen atoms in total. The zero-order chi connectivity index (χ0) is 14.7. The van der Waals surface area contributed by atoms with Gasteiger partial charge in [0.05, 0.1) is 12.1 Å². The Kier molecular flexibility index (Phi) is 3.84. The molecule has 0 atom stereocenters. The van der Waals surface area contributed by atoms with Gasteiger partial charge in [-0.05, 0) is 17.7 Å². The van der Waals surface area contributed by atoms with Crippen LogP contribution in [0.15, 0.2) is 60.8 Å². The van der Waals surface area contributed by atoms with Gasteiger partial charge in [-0.1, -0.05) is 54.1 Å². The Morgan fingerprint density at radius 2 is 1.90 bits per heavy atom. The zero-order valence-electron chi connectivity index (χ0n) is 11.2. The highest BCUT2D eigenvalue weighted by atomic mass is 35.5. The molecule has 0 saturated carbocycles. The first-order valence-electron chi connectivity index (χ1n) is 6.59. The number of benzene rings is 2. The van der Waals surface area contributed by atoms with Crippen LogP contribution in [0.25, 0.3) is 11.3 Å². The van der Waals surface area contributed by atoms with Crippen LogP contribution in [0.1, 0.15) is 15.9 Å². The number of carbonyl (C=O) groups excluding carboxylic acids is 1. The molecule has 4 heteroatoms. The minimum absolute atomic E-state index is 0.563. The molecular weight excluding hydrogens is 284 g/mol. The van der Waals surface area contributed by atoms with Gasteiger partial charge in [0.15, 0.2) is 6.29 Å². The molecule has 2 aromatic carbocycles. The number of rotatable bonds is 4. The van der Waals surface area contributed by atoms with Crippen LogP contribution < -0.4 is 0 Å². The van der Waals surface area contributed by atoms with E-state index in [1.807, 2.05) is 48.5 Å². The lowest BCUT2D eigenvalue weighted by molar-refractivity contribution is 0.112. The summed E-state index contributed by atoms with van der Waals surface area (Å²) in [6.45, 7) is 0.627. The molecular formula is C17H13ClN2O. The molecule has 0 aliphatic carbocycles. The van der Waals surface area contributed by atoms with Gasteiger partial charge in [-0.3, -0.25) is 9.48 Å². The summed E-state index contributed by atoms with van der Waals surface area (Å²) in [4.78, 5) is 11.3. The first-order valence-corrected chi connectivity index (χ1v) is 6.96. The van der Waals surface area contributed by atoms with E-state index < -0.39 is 0 Å². The van der Waals surface area contributed by atoms with E-state index in [0.717, 1.165) is 17.4 Å². The molecule has 21 heavy (non-hydrogen) atoms. The number of aldehydes is 1. The monoisotopic (exact) mass is 296 g/mol. The third-order valence-electron chi connectivity index (χ3n) is 3.20. The molecule has 0 N–H and O–H groups in total. The van der Waals surface area contributed by atoms with Crippen LogP contribution in [0.5, 0.6) is 0 Å². The number of halogens is 1. The summed E-state index contributed by atoms with van der Waals surface area (Å²) in [5.74, 6) is 0. The Bertz CT molecular complexity index is 765. The Morgan fingerprint density at radius 3 is 2.62 bits per heavy atom. The first-order chi connectivity index (χ1) is 10.3. The van der Waals surface area contributed by atoms with Gasteiger partial charge in [0.1, 0.15) is 5.69 Å². The molecule has 0 saturated heterocycles. The molecule has 0 bridgehead atoms. The maximum Gasteiger partial charge on any atom is 0.153 e. The molecule has 1 aromatic heterocycles. The van der Waals surface area contributed by atoms with E-state index in [4.69, 9.17) is 11.6 Å². The van der Waals surface area contributed by atoms with Crippen LogP contribution in [-0.2, 0) is 6.54 Å². The van der Waals surface area contributed by atoms with Gasteiger partial charge in [0.2, 0.25) is 0 Å². The van der Waals surface area contributed by atoms with Crippen molar-refractivity contribution in [1.29, 1.82) is 0 Å². The SMILES string of the molecule is O=Cc1cn(Cc2ccccc2)nc1-c1cccc(Cl)c1. The summed E-state index contributed by atoms with van der Waals surface area (Å²) >= 11 is 6.00. The van der Waals surface area contributed by atoms with E-state index in [1.165, 1.54) is 0 Å². The van der Waals surface area contributed by atoms with Crippen molar-refractivity contribution >= 4 is 17.9 Å². The van der Waals surface area contributed by atoms with E-state index in [-0.39, 0.29) is 0 Å². The fraction of sp³-hybridized carbons (Fsp3) is 0.0588. The molecule has 104 valence electrons. The van der Waals surface area contributed by atoms with Gasteiger partial charge in [0, 0.05) is 16.8 Å². The molecule has 3 rings (SSSR count). The highest BCUT2D eigenvalue weighted by Gasteiger charge is 2.11. The van der Waals surface area contributed by atoms with E-state index in [1.54, 1.807) is 16.9 Å². The lowest BCUT2D eigenvalue weighted by atomic mass is 10.1. The standard InChI is InChI=1S/C17H13ClN2O/c18-16-8-4-7-14(9-16)17-15(12-21)11-20(19-17)10-13-5-2-1-3-6-13/h1-9,11-12H,10H2. The van der Waals surface area contributed by atoms with Gasteiger partial charge in [-0.25, -0.2) is 0 Å². The molecule has 1 heterocycles. The van der Waals surface area contributed by atoms with E-state index in [0.29, 0.717) is 22.8 Å². The second kappa shape index (κ2) is 5.94. The van der Waals surface area contributed by atoms with Gasteiger partial charge in [-0.15, -0.1) is 0 Å². The van der Waals surface area contributed by atoms with Crippen molar-refractivity contribution in [2.75, 3.05) is 0 Å². The third kappa shape index (κ3) is 3.03. The van der Waals surface area contributed by atoms with Crippen LogP contribution >= 0.6 is 11.6 Å². The summed E-state index contributed by atoms with van der Waals surface area (Å²) in [6, 6.07) is 17.4. The molecule has 0 spiro atoms. The van der Waals surface area contributed by atoms with Gasteiger partial charge in [0.25, 0.3) is 0 Å². The smallest absolute Gasteiger partial charge is 0.153 e. The highest BCUT2D eigenvalue weighted by molar-refractivity contribution is 6.30. The molecule has 0 aliphatic rings. The van der Waals surface area contributed by atoms with Gasteiger partial charge in [-0.2, -0.15) is 5.10 Å². The first kappa shape index (κ1) is 13.6. The van der Waals surface area contributed by atoms with E-state index >= 15 is 0 Å². The Labute approximate surface area is 127 Å². The maximum atomic E-state index is 11.3. The Hall–Kier alpha value is -2.39. The lowest BCUT2D eigenvalue weighted by Crippen LogP contribution is -1.99. The van der Waals surface area contributed by atoms with Crippen molar-refractivity contribution in [3.8, 4) is 11.3 Å². The number of carbonyl (C=O) groups is 1. The fourth-order valence-corrected chi connectivity index (χ4v) is 2.42. The minimum Gasteiger partial charge on any atom is -0.298 e. The van der Waals surface area contributed by atoms with Gasteiger partial charge < -0.3 is 0 Å². The second-order valence-corrected chi connectivity index (χ2v) is 5.18. The molecule has 0 radical (unpaired) electrons. The van der Waals surface area contributed by atoms with Crippen molar-refractivity contribution in [1.82, 2.24) is 9.78 Å². The second-order valence-electron chi connectivity index (χ2n) is 4.74. The van der Waals surface area contributed by atoms with Crippen LogP contribution in [0.4, 0.5) is 0 Å². The summed E-state index contributed by atoms with van der Waals surface area (Å²) < 4.78 is 1.77. The molecule has 3 aromatic rings. The van der Waals surface area contributed by atoms with Crippen LogP contribution in [0.2, 0.25) is 5.02 Å². The maximum absolute atomic E-state index is 11.3. The van der Waals surface area contributed by atoms with Gasteiger partial charge >= 0.3 is 0 Å². The Morgan fingerprint density at radius 1 is 1.10 bits per heavy atom. The predicted molar refractivity (Wildman–Crippen MR) is 83.6 cm³/mol. The van der Waals surface area contributed by atoms with E-state index in [9.17, 15) is 4.79 Å². The summed E-state index contributed by atoms with van der Waals surface area (Å²) in [7, 11) is 0. The largest absolute Gasteiger partial charge is 0.298 e. The van der Waals surface area contributed by atoms with Crippen LogP contribution in [0.3, 0.4) is 0 Å². The lowest BCUT2D eigenvalue weighted by Gasteiger charge is -2.01. The molecule has 0 aliphatic heterocycles. The summed E-state index contributed by atoms with van der Waals surface area (Å²) in [6.07, 6.45) is 2.58. The average molecular weight is 297 g/mol. The number of nitrogens with zero attached hydrogens (tertiary/aromatic N) is 2. The zero-order valence-corrected chi connectivity index (χ0v) is 12.0. The number of aromatic nitrogens is 2. The number of hydrogen-bond donors (Lipinski definition) is 0. The number of hydrogen-bond acceptors (Lipinski definition) is 2. The van der Waals surface area contributed by atoms with Crippen molar-refractivity contribution in [2.24, 2.45) is 0 Å². The van der Waals surface area contributed by atoms with Crippen molar-refractivity contribution < 1.29 is 4.79 Å². The Balaban J connectivity index is 1.97. The molecule has 0 fully saturated rings. The van der Waals surface area contributed by atoms with Crippen molar-refractivity contribution in [3.63, 3.8) is 0 Å². The third-order valence-corrected chi connectivity index (χ3v) is 3.44. The van der Waals surface area contributed by atoms with Crippen molar-refractivity contribution in [2.45, 2.75) is 6.54 Å². The minimum atomic E-state index is 0.563. The normalized spacial score (nSPS) is 10.5. The topological polar surface area (TPSA) is 34.9 Å². The highest BCUT2D eigenvalue weighted by Crippen LogP contribution is 2.24. The quantitative estimate of drug-likeness (QED) is 0.680. The average Bonchev–Trinajstić information content (AvgIpc) is 2.91. The van der Waals surface area contributed by atoms with Crippen LogP contribution in [0, 0.1) is 0 Å². The summed E-state index contributed by atoms with van der Waals surface area (Å²) in [5, 5.41) is 5.14.